The predicted molar refractivity (Wildman–Crippen MR) is 56.4 cm³/mol. The van der Waals surface area contributed by atoms with Crippen LogP contribution in [0.15, 0.2) is 4.52 Å². The smallest absolute Gasteiger partial charge is 0.381 e. The van der Waals surface area contributed by atoms with Crippen LogP contribution in [0.25, 0.3) is 0 Å². The highest BCUT2D eigenvalue weighted by atomic mass is 19.4. The maximum atomic E-state index is 12.9. The van der Waals surface area contributed by atoms with Crippen molar-refractivity contribution in [3.05, 3.63) is 11.3 Å². The Morgan fingerprint density at radius 2 is 1.94 bits per heavy atom. The summed E-state index contributed by atoms with van der Waals surface area (Å²) < 4.78 is 43.8. The first-order valence-electron chi connectivity index (χ1n) is 5.69. The standard InChI is InChI=1S/C11H15F3N2O/c1-6-9(17-16-10(6)15)7-4-2-3-5-8(7)11(12,13)14/h7-8H,2-5H2,1H3,(H2,15,16). The summed E-state index contributed by atoms with van der Waals surface area (Å²) in [5, 5.41) is 3.54. The fourth-order valence-corrected chi connectivity index (χ4v) is 2.54. The quantitative estimate of drug-likeness (QED) is 0.828. The number of nitrogen functional groups attached to an aromatic ring is 1. The molecule has 0 aliphatic heterocycles. The molecule has 1 aromatic rings. The minimum absolute atomic E-state index is 0.161. The van der Waals surface area contributed by atoms with Crippen molar-refractivity contribution in [1.82, 2.24) is 5.16 Å². The molecule has 0 spiro atoms. The molecule has 1 aliphatic rings. The molecule has 1 aromatic heterocycles. The molecule has 2 N–H and O–H groups in total. The number of hydrogen-bond acceptors (Lipinski definition) is 3. The first-order valence-corrected chi connectivity index (χ1v) is 5.69. The molecule has 6 heteroatoms. The van der Waals surface area contributed by atoms with Gasteiger partial charge in [-0.3, -0.25) is 0 Å². The molecule has 2 rings (SSSR count). The number of rotatable bonds is 1. The zero-order valence-corrected chi connectivity index (χ0v) is 9.55. The molecule has 1 saturated carbocycles. The first kappa shape index (κ1) is 12.3. The van der Waals surface area contributed by atoms with E-state index in [2.05, 4.69) is 5.16 Å². The van der Waals surface area contributed by atoms with Gasteiger partial charge in [-0.15, -0.1) is 0 Å². The van der Waals surface area contributed by atoms with Crippen molar-refractivity contribution in [1.29, 1.82) is 0 Å². The SMILES string of the molecule is Cc1c(N)noc1C1CCCCC1C(F)(F)F. The average molecular weight is 248 g/mol. The van der Waals surface area contributed by atoms with Gasteiger partial charge in [0.15, 0.2) is 5.82 Å². The Labute approximate surface area is 97.1 Å². The maximum Gasteiger partial charge on any atom is 0.392 e. The van der Waals surface area contributed by atoms with Crippen molar-refractivity contribution < 1.29 is 17.7 Å². The van der Waals surface area contributed by atoms with Gasteiger partial charge in [0.2, 0.25) is 0 Å². The summed E-state index contributed by atoms with van der Waals surface area (Å²) in [7, 11) is 0. The van der Waals surface area contributed by atoms with Gasteiger partial charge in [0.05, 0.1) is 5.92 Å². The van der Waals surface area contributed by atoms with Crippen molar-refractivity contribution >= 4 is 5.82 Å². The van der Waals surface area contributed by atoms with Gasteiger partial charge in [-0.25, -0.2) is 0 Å². The van der Waals surface area contributed by atoms with Gasteiger partial charge in [0.25, 0.3) is 0 Å². The summed E-state index contributed by atoms with van der Waals surface area (Å²) in [6.07, 6.45) is -2.13. The lowest BCUT2D eigenvalue weighted by Gasteiger charge is -2.31. The van der Waals surface area contributed by atoms with E-state index in [9.17, 15) is 13.2 Å². The number of alkyl halides is 3. The highest BCUT2D eigenvalue weighted by molar-refractivity contribution is 5.40. The first-order chi connectivity index (χ1) is 7.91. The van der Waals surface area contributed by atoms with Crippen LogP contribution in [0.1, 0.15) is 42.9 Å². The average Bonchev–Trinajstić information content (AvgIpc) is 2.59. The molecule has 0 saturated heterocycles. The summed E-state index contributed by atoms with van der Waals surface area (Å²) in [6, 6.07) is 0. The Hall–Kier alpha value is -1.20. The summed E-state index contributed by atoms with van der Waals surface area (Å²) in [5.74, 6) is -1.47. The van der Waals surface area contributed by atoms with Crippen LogP contribution in [-0.4, -0.2) is 11.3 Å². The van der Waals surface area contributed by atoms with Crippen LogP contribution in [-0.2, 0) is 0 Å². The molecule has 2 unspecified atom stereocenters. The molecule has 1 aliphatic carbocycles. The molecule has 1 fully saturated rings. The van der Waals surface area contributed by atoms with E-state index in [-0.39, 0.29) is 12.2 Å². The number of anilines is 1. The Bertz CT molecular complexity index is 400. The van der Waals surface area contributed by atoms with Crippen molar-refractivity contribution in [3.8, 4) is 0 Å². The van der Waals surface area contributed by atoms with E-state index in [1.165, 1.54) is 0 Å². The Morgan fingerprint density at radius 1 is 1.29 bits per heavy atom. The molecule has 17 heavy (non-hydrogen) atoms. The van der Waals surface area contributed by atoms with Crippen molar-refractivity contribution in [2.45, 2.75) is 44.7 Å². The summed E-state index contributed by atoms with van der Waals surface area (Å²) in [5.41, 5.74) is 6.06. The third-order valence-corrected chi connectivity index (χ3v) is 3.52. The second-order valence-electron chi connectivity index (χ2n) is 4.60. The van der Waals surface area contributed by atoms with Crippen LogP contribution < -0.4 is 5.73 Å². The summed E-state index contributed by atoms with van der Waals surface area (Å²) in [4.78, 5) is 0. The summed E-state index contributed by atoms with van der Waals surface area (Å²) >= 11 is 0. The van der Waals surface area contributed by atoms with Crippen LogP contribution in [0.3, 0.4) is 0 Å². The Morgan fingerprint density at radius 3 is 2.47 bits per heavy atom. The van der Waals surface area contributed by atoms with Gasteiger partial charge >= 0.3 is 6.18 Å². The largest absolute Gasteiger partial charge is 0.392 e. The number of nitrogens with two attached hydrogens (primary N) is 1. The zero-order valence-electron chi connectivity index (χ0n) is 9.55. The number of aromatic nitrogens is 1. The second kappa shape index (κ2) is 4.23. The molecule has 96 valence electrons. The number of nitrogens with zero attached hydrogens (tertiary/aromatic N) is 1. The maximum absolute atomic E-state index is 12.9. The molecule has 2 atom stereocenters. The fourth-order valence-electron chi connectivity index (χ4n) is 2.54. The minimum atomic E-state index is -4.18. The van der Waals surface area contributed by atoms with Gasteiger partial charge in [-0.05, 0) is 19.8 Å². The Balaban J connectivity index is 2.31. The molecule has 0 amide bonds. The van der Waals surface area contributed by atoms with E-state index in [1.54, 1.807) is 6.92 Å². The van der Waals surface area contributed by atoms with Crippen molar-refractivity contribution in [2.24, 2.45) is 5.92 Å². The van der Waals surface area contributed by atoms with Crippen LogP contribution in [0.2, 0.25) is 0 Å². The molecule has 3 nitrogen and oxygen atoms in total. The van der Waals surface area contributed by atoms with Gasteiger partial charge in [0.1, 0.15) is 5.76 Å². The van der Waals surface area contributed by atoms with Crippen LogP contribution >= 0.6 is 0 Å². The van der Waals surface area contributed by atoms with E-state index in [0.717, 1.165) is 6.42 Å². The van der Waals surface area contributed by atoms with E-state index < -0.39 is 18.0 Å². The van der Waals surface area contributed by atoms with Gasteiger partial charge in [-0.2, -0.15) is 13.2 Å². The zero-order chi connectivity index (χ0) is 12.6. The third kappa shape index (κ3) is 2.25. The summed E-state index contributed by atoms with van der Waals surface area (Å²) in [6.45, 7) is 1.66. The lowest BCUT2D eigenvalue weighted by Crippen LogP contribution is -2.31. The van der Waals surface area contributed by atoms with Crippen LogP contribution in [0.5, 0.6) is 0 Å². The molecular weight excluding hydrogens is 233 g/mol. The van der Waals surface area contributed by atoms with Crippen molar-refractivity contribution in [3.63, 3.8) is 0 Å². The predicted octanol–water partition coefficient (Wildman–Crippen LogP) is 3.40. The third-order valence-electron chi connectivity index (χ3n) is 3.52. The highest BCUT2D eigenvalue weighted by Gasteiger charge is 2.47. The molecule has 0 bridgehead atoms. The number of hydrogen-bond donors (Lipinski definition) is 1. The monoisotopic (exact) mass is 248 g/mol. The van der Waals surface area contributed by atoms with Gasteiger partial charge < -0.3 is 10.3 Å². The topological polar surface area (TPSA) is 52.0 Å². The second-order valence-corrected chi connectivity index (χ2v) is 4.60. The highest BCUT2D eigenvalue weighted by Crippen LogP contribution is 2.47. The van der Waals surface area contributed by atoms with Crippen LogP contribution in [0.4, 0.5) is 19.0 Å². The van der Waals surface area contributed by atoms with E-state index >= 15 is 0 Å². The van der Waals surface area contributed by atoms with E-state index in [1.807, 2.05) is 0 Å². The lowest BCUT2D eigenvalue weighted by atomic mass is 9.76. The van der Waals surface area contributed by atoms with Crippen molar-refractivity contribution in [2.75, 3.05) is 5.73 Å². The minimum Gasteiger partial charge on any atom is -0.381 e. The molecular formula is C11H15F3N2O. The molecule has 1 heterocycles. The van der Waals surface area contributed by atoms with Gasteiger partial charge in [-0.1, -0.05) is 18.0 Å². The molecule has 0 radical (unpaired) electrons. The van der Waals surface area contributed by atoms with Gasteiger partial charge in [0, 0.05) is 11.5 Å². The molecule has 0 aromatic carbocycles. The number of halogens is 3. The van der Waals surface area contributed by atoms with Crippen LogP contribution in [0, 0.1) is 12.8 Å². The van der Waals surface area contributed by atoms with E-state index in [0.29, 0.717) is 24.2 Å². The fraction of sp³-hybridized carbons (Fsp3) is 0.727. The normalized spacial score (nSPS) is 26.1. The van der Waals surface area contributed by atoms with E-state index in [4.69, 9.17) is 10.3 Å². The lowest BCUT2D eigenvalue weighted by molar-refractivity contribution is -0.188. The Kier molecular flexibility index (Phi) is 3.05.